The summed E-state index contributed by atoms with van der Waals surface area (Å²) in [4.78, 5) is 192. The molecule has 1 aliphatic rings. The molecule has 1 rings (SSSR count). The van der Waals surface area contributed by atoms with E-state index in [0.717, 1.165) is 11.8 Å². The van der Waals surface area contributed by atoms with Crippen molar-refractivity contribution in [2.24, 2.45) is 23.3 Å². The minimum Gasteiger partial charge on any atom is -0.481 e. The van der Waals surface area contributed by atoms with Crippen molar-refractivity contribution in [2.75, 3.05) is 6.54 Å². The number of carboxylic acids is 5. The molecule has 0 aliphatic carbocycles. The SMILES string of the molecule is CC[C@H](C)[C@H](NC(=O)[C@H](CCC(N)=O)NC(=O)[C@H](CCC(=O)O)NC(=O)[C@H](C)NC(=O)[C@H](CC(=O)O)NC(=O)[C@H](CC(=O)O)NC(=O)[C@H](CC(=O)O)NC(=O)[C@@H](NC(=O)[C@H](C)N)C(C)C)C(=O)N1CCC[C@H]1C(=O)O. The van der Waals surface area contributed by atoms with Crippen LogP contribution in [0.15, 0.2) is 0 Å². The van der Waals surface area contributed by atoms with Gasteiger partial charge in [0.05, 0.1) is 25.3 Å². The zero-order valence-corrected chi connectivity index (χ0v) is 42.2. The highest BCUT2D eigenvalue weighted by Crippen LogP contribution is 2.22. The van der Waals surface area contributed by atoms with Gasteiger partial charge in [0.1, 0.15) is 54.4 Å². The van der Waals surface area contributed by atoms with Crippen LogP contribution in [0.3, 0.4) is 0 Å². The molecule has 31 nitrogen and oxygen atoms in total. The van der Waals surface area contributed by atoms with Crippen molar-refractivity contribution in [3.8, 4) is 0 Å². The summed E-state index contributed by atoms with van der Waals surface area (Å²) in [6, 6.07) is -16.6. The lowest BCUT2D eigenvalue weighted by Gasteiger charge is -2.32. The van der Waals surface area contributed by atoms with Crippen LogP contribution in [-0.2, 0) is 71.9 Å². The van der Waals surface area contributed by atoms with Crippen LogP contribution in [0.5, 0.6) is 0 Å². The summed E-state index contributed by atoms with van der Waals surface area (Å²) in [6.07, 6.45) is -5.26. The van der Waals surface area contributed by atoms with Crippen LogP contribution in [-0.4, -0.2) is 186 Å². The first-order valence-electron chi connectivity index (χ1n) is 23.7. The van der Waals surface area contributed by atoms with Crippen molar-refractivity contribution in [3.63, 3.8) is 0 Å². The Hall–Kier alpha value is -7.99. The maximum absolute atomic E-state index is 13.8. The number of rotatable bonds is 33. The fraction of sp³-hybridized carbons (Fsp3) is 0.659. The number of nitrogens with one attached hydrogen (secondary N) is 8. The van der Waals surface area contributed by atoms with Crippen LogP contribution in [0.1, 0.15) is 106 Å². The van der Waals surface area contributed by atoms with E-state index in [0.29, 0.717) is 12.8 Å². The van der Waals surface area contributed by atoms with E-state index in [1.165, 1.54) is 20.8 Å². The number of aliphatic carboxylic acids is 5. The molecule has 0 aromatic carbocycles. The first kappa shape index (κ1) is 65.0. The average Bonchev–Trinajstić information content (AvgIpc) is 3.81. The molecule has 31 heteroatoms. The molecule has 0 radical (unpaired) electrons. The molecular weight excluding hydrogens is 1000 g/mol. The van der Waals surface area contributed by atoms with Gasteiger partial charge in [-0.05, 0) is 51.4 Å². The number of carboxylic acid groups (broad SMARTS) is 5. The van der Waals surface area contributed by atoms with Crippen molar-refractivity contribution in [1.29, 1.82) is 0 Å². The topological polar surface area (TPSA) is 509 Å². The van der Waals surface area contributed by atoms with Gasteiger partial charge in [-0.3, -0.25) is 67.1 Å². The molecule has 10 amide bonds. The molecule has 17 N–H and O–H groups in total. The summed E-state index contributed by atoms with van der Waals surface area (Å²) in [7, 11) is 0. The first-order valence-corrected chi connectivity index (χ1v) is 23.7. The summed E-state index contributed by atoms with van der Waals surface area (Å²) in [5.41, 5.74) is 10.9. The highest BCUT2D eigenvalue weighted by molar-refractivity contribution is 6.00. The Balaban J connectivity index is 3.40. The fourth-order valence-electron chi connectivity index (χ4n) is 7.22. The third kappa shape index (κ3) is 22.3. The van der Waals surface area contributed by atoms with Gasteiger partial charge in [0.15, 0.2) is 0 Å². The Morgan fingerprint density at radius 1 is 0.507 bits per heavy atom. The predicted molar refractivity (Wildman–Crippen MR) is 253 cm³/mol. The number of carbonyl (C=O) groups is 15. The van der Waals surface area contributed by atoms with E-state index < -0.39 is 206 Å². The Morgan fingerprint density at radius 2 is 0.907 bits per heavy atom. The van der Waals surface area contributed by atoms with Crippen LogP contribution < -0.4 is 54.0 Å². The van der Waals surface area contributed by atoms with Crippen molar-refractivity contribution in [2.45, 2.75) is 166 Å². The maximum Gasteiger partial charge on any atom is 0.326 e. The lowest BCUT2D eigenvalue weighted by molar-refractivity contribution is -0.150. The van der Waals surface area contributed by atoms with Crippen molar-refractivity contribution in [3.05, 3.63) is 0 Å². The highest BCUT2D eigenvalue weighted by Gasteiger charge is 2.41. The molecule has 11 atom stereocenters. The number of nitrogens with two attached hydrogens (primary N) is 2. The normalized spacial score (nSPS) is 17.0. The van der Waals surface area contributed by atoms with E-state index in [1.54, 1.807) is 13.8 Å². The van der Waals surface area contributed by atoms with E-state index in [4.69, 9.17) is 11.5 Å². The number of carbonyl (C=O) groups excluding carboxylic acids is 10. The molecule has 1 fully saturated rings. The van der Waals surface area contributed by atoms with Gasteiger partial charge < -0.3 is 84.4 Å². The Morgan fingerprint density at radius 3 is 1.32 bits per heavy atom. The van der Waals surface area contributed by atoms with E-state index >= 15 is 0 Å². The van der Waals surface area contributed by atoms with Gasteiger partial charge in [-0.1, -0.05) is 34.1 Å². The standard InChI is InChI=1S/C44H69N11O20/c1-7-19(4)34(43(73)55-14-8-9-27(55)44(74)75)54-38(68)22(10-12-28(46)56)49-37(67)23(11-13-29(57)58)48-36(66)21(6)47-39(69)24(15-30(59)60)50-40(70)25(16-31(61)62)51-41(71)26(17-32(63)64)52-42(72)33(18(2)3)53-35(65)20(5)45/h18-27,33-34H,7-17,45H2,1-6H3,(H2,46,56)(H,47,69)(H,48,66)(H,49,67)(H,50,70)(H,51,71)(H,52,72)(H,53,65)(H,54,68)(H,57,58)(H,59,60)(H,61,62)(H,63,64)(H,74,75)/t19-,20-,21-,22-,23-,24-,25-,26-,27-,33-,34-/m0/s1. The zero-order chi connectivity index (χ0) is 57.6. The van der Waals surface area contributed by atoms with Gasteiger partial charge in [-0.2, -0.15) is 0 Å². The van der Waals surface area contributed by atoms with Gasteiger partial charge in [-0.25, -0.2) is 4.79 Å². The number of likely N-dealkylation sites (tertiary alicyclic amines) is 1. The number of hydrogen-bond acceptors (Lipinski definition) is 16. The summed E-state index contributed by atoms with van der Waals surface area (Å²) < 4.78 is 0. The molecule has 420 valence electrons. The van der Waals surface area contributed by atoms with Gasteiger partial charge in [0.2, 0.25) is 59.1 Å². The Labute approximate surface area is 429 Å². The highest BCUT2D eigenvalue weighted by atomic mass is 16.4. The number of amides is 10. The summed E-state index contributed by atoms with van der Waals surface area (Å²) in [5.74, 6) is -20.5. The molecule has 0 unspecified atom stereocenters. The van der Waals surface area contributed by atoms with E-state index in [-0.39, 0.29) is 13.0 Å². The van der Waals surface area contributed by atoms with Gasteiger partial charge in [-0.15, -0.1) is 0 Å². The molecule has 0 aromatic rings. The average molecular weight is 1070 g/mol. The van der Waals surface area contributed by atoms with Crippen molar-refractivity contribution in [1.82, 2.24) is 47.4 Å². The van der Waals surface area contributed by atoms with E-state index in [1.807, 2.05) is 10.6 Å². The minimum atomic E-state index is -2.19. The maximum atomic E-state index is 13.8. The second-order valence-corrected chi connectivity index (χ2v) is 18.2. The van der Waals surface area contributed by atoms with Crippen LogP contribution in [0.25, 0.3) is 0 Å². The summed E-state index contributed by atoms with van der Waals surface area (Å²) >= 11 is 0. The lowest BCUT2D eigenvalue weighted by atomic mass is 9.96. The summed E-state index contributed by atoms with van der Waals surface area (Å²) in [6.45, 7) is 8.66. The molecule has 1 saturated heterocycles. The van der Waals surface area contributed by atoms with Gasteiger partial charge in [0.25, 0.3) is 0 Å². The molecule has 0 aromatic heterocycles. The number of nitrogens with zero attached hydrogens (tertiary/aromatic N) is 1. The molecule has 75 heavy (non-hydrogen) atoms. The predicted octanol–water partition coefficient (Wildman–Crippen LogP) is -5.44. The molecule has 0 spiro atoms. The molecular formula is C44H69N11O20. The molecule has 1 aliphatic heterocycles. The Bertz CT molecular complexity index is 2170. The largest absolute Gasteiger partial charge is 0.481 e. The number of hydrogen-bond donors (Lipinski definition) is 15. The van der Waals surface area contributed by atoms with E-state index in [2.05, 4.69) is 31.9 Å². The van der Waals surface area contributed by atoms with Crippen LogP contribution in [0.2, 0.25) is 0 Å². The minimum absolute atomic E-state index is 0.0772. The van der Waals surface area contributed by atoms with Gasteiger partial charge >= 0.3 is 29.8 Å². The number of primary amides is 1. The fourth-order valence-corrected chi connectivity index (χ4v) is 7.22. The van der Waals surface area contributed by atoms with E-state index in [9.17, 15) is 97.5 Å². The van der Waals surface area contributed by atoms with Crippen LogP contribution in [0, 0.1) is 11.8 Å². The van der Waals surface area contributed by atoms with Gasteiger partial charge in [0, 0.05) is 19.4 Å². The molecule has 1 heterocycles. The second kappa shape index (κ2) is 30.9. The van der Waals surface area contributed by atoms with Crippen LogP contribution >= 0.6 is 0 Å². The molecule has 0 saturated carbocycles. The third-order valence-corrected chi connectivity index (χ3v) is 11.6. The zero-order valence-electron chi connectivity index (χ0n) is 42.2. The molecule has 0 bridgehead atoms. The third-order valence-electron chi connectivity index (χ3n) is 11.6. The lowest BCUT2D eigenvalue weighted by Crippen LogP contribution is -2.61. The quantitative estimate of drug-likeness (QED) is 0.0292. The van der Waals surface area contributed by atoms with Crippen molar-refractivity contribution < 1.29 is 97.5 Å². The van der Waals surface area contributed by atoms with Crippen LogP contribution in [0.4, 0.5) is 0 Å². The Kier molecular flexibility index (Phi) is 26.8. The smallest absolute Gasteiger partial charge is 0.326 e. The monoisotopic (exact) mass is 1070 g/mol. The first-order chi connectivity index (χ1) is 34.8. The second-order valence-electron chi connectivity index (χ2n) is 18.2. The van der Waals surface area contributed by atoms with Crippen molar-refractivity contribution >= 4 is 88.9 Å². The summed E-state index contributed by atoms with van der Waals surface area (Å²) in [5, 5.41) is 65.1.